The SMILES string of the molecule is C1=Cc2ccccc2OC1.[Mo].[Nb].[Ni]. The first-order valence-corrected chi connectivity index (χ1v) is 3.35. The van der Waals surface area contributed by atoms with E-state index in [-0.39, 0.29) is 59.9 Å². The molecule has 1 aliphatic heterocycles. The van der Waals surface area contributed by atoms with Gasteiger partial charge in [0.1, 0.15) is 12.4 Å². The van der Waals surface area contributed by atoms with Gasteiger partial charge in [-0.15, -0.1) is 0 Å². The standard InChI is InChI=1S/C9H8O.Mo.Nb.Ni/c1-2-6-9-8(4-1)5-3-7-10-9;;;/h1-6H,7H2;;;. The monoisotopic (exact) mass is 381 g/mol. The van der Waals surface area contributed by atoms with E-state index >= 15 is 0 Å². The maximum atomic E-state index is 5.34. The summed E-state index contributed by atoms with van der Waals surface area (Å²) in [6.45, 7) is 0.705. The van der Waals surface area contributed by atoms with Crippen molar-refractivity contribution in [1.82, 2.24) is 0 Å². The van der Waals surface area contributed by atoms with Crippen LogP contribution < -0.4 is 4.74 Å². The van der Waals surface area contributed by atoms with Crippen molar-refractivity contribution in [2.24, 2.45) is 0 Å². The summed E-state index contributed by atoms with van der Waals surface area (Å²) in [5.74, 6) is 0.991. The van der Waals surface area contributed by atoms with Crippen LogP contribution in [0.2, 0.25) is 0 Å². The zero-order chi connectivity index (χ0) is 6.81. The molecule has 0 spiro atoms. The number of fused-ring (bicyclic) bond motifs is 1. The Kier molecular flexibility index (Phi) is 9.96. The molecule has 0 unspecified atom stereocenters. The van der Waals surface area contributed by atoms with Crippen LogP contribution in [0.25, 0.3) is 6.08 Å². The van der Waals surface area contributed by atoms with E-state index in [1.165, 1.54) is 5.56 Å². The number of rotatable bonds is 0. The van der Waals surface area contributed by atoms with E-state index in [4.69, 9.17) is 4.74 Å². The van der Waals surface area contributed by atoms with E-state index in [9.17, 15) is 0 Å². The molecule has 0 amide bonds. The van der Waals surface area contributed by atoms with Crippen LogP contribution in [0, 0.1) is 0 Å². The van der Waals surface area contributed by atoms with Crippen LogP contribution in [0.3, 0.4) is 0 Å². The van der Waals surface area contributed by atoms with Crippen molar-refractivity contribution in [2.75, 3.05) is 6.61 Å². The van der Waals surface area contributed by atoms with Gasteiger partial charge < -0.3 is 4.74 Å². The second-order valence-electron chi connectivity index (χ2n) is 2.25. The van der Waals surface area contributed by atoms with Gasteiger partial charge in [0.05, 0.1) is 0 Å². The smallest absolute Gasteiger partial charge is 0.126 e. The molecule has 0 fully saturated rings. The molecule has 0 aliphatic carbocycles. The van der Waals surface area contributed by atoms with E-state index < -0.39 is 0 Å². The predicted molar refractivity (Wildman–Crippen MR) is 41.0 cm³/mol. The fourth-order valence-corrected chi connectivity index (χ4v) is 1.06. The van der Waals surface area contributed by atoms with Gasteiger partial charge in [-0.3, -0.25) is 0 Å². The minimum atomic E-state index is 0. The number of hydrogen-bond acceptors (Lipinski definition) is 1. The van der Waals surface area contributed by atoms with Crippen molar-refractivity contribution in [3.63, 3.8) is 0 Å². The van der Waals surface area contributed by atoms with Gasteiger partial charge in [-0.2, -0.15) is 0 Å². The molecule has 1 radical (unpaired) electrons. The van der Waals surface area contributed by atoms with Crippen molar-refractivity contribution in [3.05, 3.63) is 35.9 Å². The summed E-state index contributed by atoms with van der Waals surface area (Å²) >= 11 is 0. The summed E-state index contributed by atoms with van der Waals surface area (Å²) in [6, 6.07) is 8.03. The van der Waals surface area contributed by atoms with Crippen LogP contribution in [0.4, 0.5) is 0 Å². The molecular weight excluding hydrogens is 372 g/mol. The van der Waals surface area contributed by atoms with Crippen molar-refractivity contribution >= 4 is 6.08 Å². The van der Waals surface area contributed by atoms with Gasteiger partial charge in [0.2, 0.25) is 0 Å². The van der Waals surface area contributed by atoms with Crippen molar-refractivity contribution < 1.29 is 64.7 Å². The molecule has 0 N–H and O–H groups in total. The molecule has 0 saturated carbocycles. The third kappa shape index (κ3) is 4.15. The van der Waals surface area contributed by atoms with E-state index in [2.05, 4.69) is 6.08 Å². The first-order chi connectivity index (χ1) is 4.97. The van der Waals surface area contributed by atoms with E-state index in [1.54, 1.807) is 0 Å². The molecular formula is C9H8MoNbNiO. The molecule has 2 rings (SSSR count). The van der Waals surface area contributed by atoms with Crippen molar-refractivity contribution in [2.45, 2.75) is 0 Å². The van der Waals surface area contributed by atoms with Crippen LogP contribution in [-0.4, -0.2) is 6.61 Å². The normalized spacial score (nSPS) is 10.8. The number of para-hydroxylation sites is 1. The summed E-state index contributed by atoms with van der Waals surface area (Å²) < 4.78 is 5.34. The Morgan fingerprint density at radius 3 is 2.54 bits per heavy atom. The topological polar surface area (TPSA) is 9.23 Å². The Labute approximate surface area is 118 Å². The molecule has 1 aromatic carbocycles. The Balaban J connectivity index is 0. The van der Waals surface area contributed by atoms with Gasteiger partial charge in [-0.05, 0) is 12.1 Å². The first kappa shape index (κ1) is 16.1. The number of ether oxygens (including phenoxy) is 1. The molecule has 1 aromatic rings. The van der Waals surface area contributed by atoms with Crippen LogP contribution in [0.5, 0.6) is 5.75 Å². The Bertz CT molecular complexity index is 278. The average molecular weight is 380 g/mol. The Hall–Kier alpha value is 0.682. The maximum absolute atomic E-state index is 5.34. The summed E-state index contributed by atoms with van der Waals surface area (Å²) in [5, 5.41) is 0. The second-order valence-corrected chi connectivity index (χ2v) is 2.25. The Morgan fingerprint density at radius 1 is 1.15 bits per heavy atom. The van der Waals surface area contributed by atoms with Crippen molar-refractivity contribution in [1.29, 1.82) is 0 Å². The van der Waals surface area contributed by atoms with Crippen LogP contribution in [-0.2, 0) is 59.9 Å². The molecule has 1 heterocycles. The maximum Gasteiger partial charge on any atom is 0.126 e. The van der Waals surface area contributed by atoms with Gasteiger partial charge >= 0.3 is 0 Å². The van der Waals surface area contributed by atoms with Gasteiger partial charge in [-0.25, -0.2) is 0 Å². The zero-order valence-electron chi connectivity index (χ0n) is 6.75. The van der Waals surface area contributed by atoms with Crippen LogP contribution in [0.1, 0.15) is 5.56 Å². The molecule has 0 bridgehead atoms. The summed E-state index contributed by atoms with van der Waals surface area (Å²) in [6.07, 6.45) is 4.10. The third-order valence-corrected chi connectivity index (χ3v) is 1.55. The molecule has 71 valence electrons. The molecule has 0 aromatic heterocycles. The van der Waals surface area contributed by atoms with Gasteiger partial charge in [-0.1, -0.05) is 24.3 Å². The summed E-state index contributed by atoms with van der Waals surface area (Å²) in [4.78, 5) is 0. The first-order valence-electron chi connectivity index (χ1n) is 3.35. The molecule has 1 nitrogen and oxygen atoms in total. The van der Waals surface area contributed by atoms with E-state index in [1.807, 2.05) is 30.3 Å². The molecule has 1 aliphatic rings. The quantitative estimate of drug-likeness (QED) is 0.627. The molecule has 0 saturated heterocycles. The Morgan fingerprint density at radius 2 is 1.85 bits per heavy atom. The van der Waals surface area contributed by atoms with E-state index in [0.29, 0.717) is 6.61 Å². The third-order valence-electron chi connectivity index (χ3n) is 1.55. The molecule has 0 atom stereocenters. The van der Waals surface area contributed by atoms with E-state index in [0.717, 1.165) is 5.75 Å². The fourth-order valence-electron chi connectivity index (χ4n) is 1.06. The summed E-state index contributed by atoms with van der Waals surface area (Å²) in [5.41, 5.74) is 1.17. The largest absolute Gasteiger partial charge is 0.489 e. The minimum Gasteiger partial charge on any atom is -0.489 e. The van der Waals surface area contributed by atoms with Crippen LogP contribution in [0.15, 0.2) is 30.3 Å². The number of benzene rings is 1. The minimum absolute atomic E-state index is 0. The van der Waals surface area contributed by atoms with Gasteiger partial charge in [0, 0.05) is 65.5 Å². The predicted octanol–water partition coefficient (Wildman–Crippen LogP) is 2.08. The van der Waals surface area contributed by atoms with Gasteiger partial charge in [0.15, 0.2) is 0 Å². The summed E-state index contributed by atoms with van der Waals surface area (Å²) in [7, 11) is 0. The van der Waals surface area contributed by atoms with Crippen molar-refractivity contribution in [3.8, 4) is 5.75 Å². The zero-order valence-corrected chi connectivity index (χ0v) is 11.9. The van der Waals surface area contributed by atoms with Crippen LogP contribution >= 0.6 is 0 Å². The second kappa shape index (κ2) is 8.03. The fraction of sp³-hybridized carbons (Fsp3) is 0.111. The van der Waals surface area contributed by atoms with Gasteiger partial charge in [0.25, 0.3) is 0 Å². The number of hydrogen-bond donors (Lipinski definition) is 0. The average Bonchev–Trinajstić information content (AvgIpc) is 2.05. The molecule has 4 heteroatoms. The molecule has 13 heavy (non-hydrogen) atoms.